The zero-order valence-electron chi connectivity index (χ0n) is 14.3. The minimum atomic E-state index is -0.414. The second-order valence-electron chi connectivity index (χ2n) is 5.81. The van der Waals surface area contributed by atoms with Gasteiger partial charge in [-0.25, -0.2) is 0 Å². The topological polar surface area (TPSA) is 61.4 Å². The third-order valence-corrected chi connectivity index (χ3v) is 5.67. The van der Waals surface area contributed by atoms with E-state index in [0.717, 1.165) is 18.0 Å². The maximum atomic E-state index is 12.2. The summed E-state index contributed by atoms with van der Waals surface area (Å²) in [5.74, 6) is -0.249. The lowest BCUT2D eigenvalue weighted by Gasteiger charge is -2.27. The summed E-state index contributed by atoms with van der Waals surface area (Å²) in [6.45, 7) is 8.80. The molecule has 0 aromatic heterocycles. The van der Waals surface area contributed by atoms with Gasteiger partial charge in [0.1, 0.15) is 0 Å². The van der Waals surface area contributed by atoms with Gasteiger partial charge in [-0.15, -0.1) is 11.8 Å². The van der Waals surface area contributed by atoms with Crippen LogP contribution in [-0.4, -0.2) is 47.6 Å². The van der Waals surface area contributed by atoms with Gasteiger partial charge in [0.05, 0.1) is 10.9 Å². The number of carbonyl (C=O) groups is 2. The van der Waals surface area contributed by atoms with Crippen molar-refractivity contribution in [3.8, 4) is 0 Å². The van der Waals surface area contributed by atoms with Gasteiger partial charge in [0, 0.05) is 28.9 Å². The number of nitrogens with zero attached hydrogens (tertiary/aromatic N) is 1. The van der Waals surface area contributed by atoms with Gasteiger partial charge in [-0.2, -0.15) is 0 Å². The van der Waals surface area contributed by atoms with Crippen LogP contribution in [0.25, 0.3) is 0 Å². The predicted octanol–water partition coefficient (Wildman–Crippen LogP) is 2.99. The molecule has 2 rings (SSSR count). The summed E-state index contributed by atoms with van der Waals surface area (Å²) in [5.41, 5.74) is 0.712. The molecule has 1 aliphatic rings. The average molecular weight is 370 g/mol. The van der Waals surface area contributed by atoms with Gasteiger partial charge in [0.25, 0.3) is 0 Å². The Morgan fingerprint density at radius 3 is 2.79 bits per heavy atom. The second kappa shape index (κ2) is 8.74. The first-order chi connectivity index (χ1) is 11.4. The van der Waals surface area contributed by atoms with E-state index >= 15 is 0 Å². The van der Waals surface area contributed by atoms with E-state index in [2.05, 4.69) is 36.3 Å². The van der Waals surface area contributed by atoms with Crippen LogP contribution < -0.4 is 10.6 Å². The Labute approximate surface area is 152 Å². The largest absolute Gasteiger partial charge is 0.354 e. The molecule has 1 heterocycles. The molecule has 2 amide bonds. The molecule has 0 spiro atoms. The zero-order valence-corrected chi connectivity index (χ0v) is 15.8. The molecule has 2 N–H and O–H groups in total. The first kappa shape index (κ1) is 19.1. The van der Waals surface area contributed by atoms with Crippen molar-refractivity contribution < 1.29 is 9.59 Å². The van der Waals surface area contributed by atoms with Crippen molar-refractivity contribution in [1.29, 1.82) is 0 Å². The Hall–Kier alpha value is -1.24. The molecule has 0 fully saturated rings. The summed E-state index contributed by atoms with van der Waals surface area (Å²) >= 11 is 7.35. The number of carbonyl (C=O) groups excluding carboxylic acids is 2. The number of rotatable bonds is 7. The van der Waals surface area contributed by atoms with Crippen molar-refractivity contribution in [1.82, 2.24) is 10.2 Å². The molecule has 0 radical (unpaired) electrons. The van der Waals surface area contributed by atoms with Gasteiger partial charge < -0.3 is 10.6 Å². The molecule has 1 aromatic carbocycles. The molecule has 0 aliphatic carbocycles. The van der Waals surface area contributed by atoms with E-state index in [0.29, 0.717) is 17.3 Å². The molecule has 24 heavy (non-hydrogen) atoms. The first-order valence-electron chi connectivity index (χ1n) is 8.22. The molecule has 2 atom stereocenters. The summed E-state index contributed by atoms with van der Waals surface area (Å²) in [6, 6.07) is 5.66. The van der Waals surface area contributed by atoms with Crippen LogP contribution in [0.4, 0.5) is 5.69 Å². The number of hydrogen-bond donors (Lipinski definition) is 2. The van der Waals surface area contributed by atoms with Gasteiger partial charge in [-0.05, 0) is 38.2 Å². The molecule has 0 saturated carbocycles. The van der Waals surface area contributed by atoms with Gasteiger partial charge in [-0.3, -0.25) is 14.5 Å². The number of hydrogen-bond acceptors (Lipinski definition) is 4. The van der Waals surface area contributed by atoms with Crippen molar-refractivity contribution >= 4 is 40.9 Å². The highest BCUT2D eigenvalue weighted by Crippen LogP contribution is 2.38. The summed E-state index contributed by atoms with van der Waals surface area (Å²) in [5, 5.41) is 5.93. The highest BCUT2D eigenvalue weighted by atomic mass is 35.5. The van der Waals surface area contributed by atoms with Crippen molar-refractivity contribution in [2.45, 2.75) is 43.4 Å². The number of halogens is 1. The number of fused-ring (bicyclic) bond motifs is 1. The summed E-state index contributed by atoms with van der Waals surface area (Å²) in [6.07, 6.45) is 0.170. The third-order valence-electron chi connectivity index (χ3n) is 4.16. The predicted molar refractivity (Wildman–Crippen MR) is 99.7 cm³/mol. The van der Waals surface area contributed by atoms with Gasteiger partial charge >= 0.3 is 0 Å². The third kappa shape index (κ3) is 4.88. The molecule has 1 aromatic rings. The Morgan fingerprint density at radius 1 is 1.42 bits per heavy atom. The standard InChI is InChI=1S/C17H24ClN3O2S/c1-4-21(5-2)11(3)10-19-16(22)9-15-17(23)20-13-8-12(18)6-7-14(13)24-15/h6-8,11,15H,4-5,9-10H2,1-3H3,(H,19,22)(H,20,23). The molecule has 0 bridgehead atoms. The molecule has 5 nitrogen and oxygen atoms in total. The van der Waals surface area contributed by atoms with Crippen molar-refractivity contribution in [2.24, 2.45) is 0 Å². The van der Waals surface area contributed by atoms with Crippen molar-refractivity contribution in [3.05, 3.63) is 23.2 Å². The Bertz CT molecular complexity index is 607. The van der Waals surface area contributed by atoms with Gasteiger partial charge in [0.2, 0.25) is 11.8 Å². The SMILES string of the molecule is CCN(CC)C(C)CNC(=O)CC1Sc2ccc(Cl)cc2NC1=O. The summed E-state index contributed by atoms with van der Waals surface area (Å²) < 4.78 is 0. The molecular formula is C17H24ClN3O2S. The fourth-order valence-corrected chi connectivity index (χ4v) is 4.00. The van der Waals surface area contributed by atoms with Crippen LogP contribution in [0.5, 0.6) is 0 Å². The van der Waals surface area contributed by atoms with E-state index in [4.69, 9.17) is 11.6 Å². The highest BCUT2D eigenvalue weighted by Gasteiger charge is 2.29. The first-order valence-corrected chi connectivity index (χ1v) is 9.48. The molecule has 2 unspecified atom stereocenters. The average Bonchev–Trinajstić information content (AvgIpc) is 2.55. The number of nitrogens with one attached hydrogen (secondary N) is 2. The van der Waals surface area contributed by atoms with Crippen LogP contribution in [-0.2, 0) is 9.59 Å². The summed E-state index contributed by atoms with van der Waals surface area (Å²) in [4.78, 5) is 27.6. The number of amides is 2. The quantitative estimate of drug-likeness (QED) is 0.775. The Morgan fingerprint density at radius 2 is 2.12 bits per heavy atom. The van der Waals surface area contributed by atoms with Gasteiger partial charge in [0.15, 0.2) is 0 Å². The van der Waals surface area contributed by atoms with Crippen LogP contribution in [0.1, 0.15) is 27.2 Å². The lowest BCUT2D eigenvalue weighted by Crippen LogP contribution is -2.43. The van der Waals surface area contributed by atoms with E-state index in [9.17, 15) is 9.59 Å². The number of likely N-dealkylation sites (N-methyl/N-ethyl adjacent to an activating group) is 1. The van der Waals surface area contributed by atoms with Crippen LogP contribution in [0.2, 0.25) is 5.02 Å². The molecular weight excluding hydrogens is 346 g/mol. The monoisotopic (exact) mass is 369 g/mol. The minimum Gasteiger partial charge on any atom is -0.354 e. The molecule has 132 valence electrons. The van der Waals surface area contributed by atoms with Crippen LogP contribution in [0.3, 0.4) is 0 Å². The Kier molecular flexibility index (Phi) is 6.95. The normalized spacial score (nSPS) is 18.0. The zero-order chi connectivity index (χ0) is 17.7. The molecule has 1 aliphatic heterocycles. The minimum absolute atomic E-state index is 0.0981. The maximum absolute atomic E-state index is 12.2. The maximum Gasteiger partial charge on any atom is 0.238 e. The van der Waals surface area contributed by atoms with E-state index in [1.807, 2.05) is 6.07 Å². The lowest BCUT2D eigenvalue weighted by molar-refractivity contribution is -0.124. The molecule has 7 heteroatoms. The number of benzene rings is 1. The van der Waals surface area contributed by atoms with Crippen LogP contribution in [0, 0.1) is 0 Å². The van der Waals surface area contributed by atoms with Crippen molar-refractivity contribution in [2.75, 3.05) is 25.0 Å². The van der Waals surface area contributed by atoms with E-state index in [1.54, 1.807) is 12.1 Å². The number of anilines is 1. The van der Waals surface area contributed by atoms with Gasteiger partial charge in [-0.1, -0.05) is 25.4 Å². The summed E-state index contributed by atoms with van der Waals surface area (Å²) in [7, 11) is 0. The Balaban J connectivity index is 1.88. The van der Waals surface area contributed by atoms with E-state index in [-0.39, 0.29) is 24.3 Å². The van der Waals surface area contributed by atoms with E-state index in [1.165, 1.54) is 11.8 Å². The fraction of sp³-hybridized carbons (Fsp3) is 0.529. The van der Waals surface area contributed by atoms with E-state index < -0.39 is 5.25 Å². The van der Waals surface area contributed by atoms with Crippen LogP contribution in [0.15, 0.2) is 23.1 Å². The second-order valence-corrected chi connectivity index (χ2v) is 7.50. The molecule has 0 saturated heterocycles. The number of thioether (sulfide) groups is 1. The van der Waals surface area contributed by atoms with Crippen molar-refractivity contribution in [3.63, 3.8) is 0 Å². The lowest BCUT2D eigenvalue weighted by atomic mass is 10.2. The highest BCUT2D eigenvalue weighted by molar-refractivity contribution is 8.01. The smallest absolute Gasteiger partial charge is 0.238 e. The fourth-order valence-electron chi connectivity index (χ4n) is 2.74. The van der Waals surface area contributed by atoms with Crippen LogP contribution >= 0.6 is 23.4 Å².